The van der Waals surface area contributed by atoms with Gasteiger partial charge in [0, 0.05) is 5.56 Å². The van der Waals surface area contributed by atoms with E-state index in [4.69, 9.17) is 9.26 Å². The van der Waals surface area contributed by atoms with Crippen molar-refractivity contribution in [3.63, 3.8) is 0 Å². The number of methoxy groups -OCH3 is 1. The topological polar surface area (TPSA) is 114 Å². The van der Waals surface area contributed by atoms with E-state index in [0.29, 0.717) is 22.9 Å². The zero-order valence-corrected chi connectivity index (χ0v) is 16.8. The van der Waals surface area contributed by atoms with Crippen LogP contribution in [0, 0.1) is 6.92 Å². The van der Waals surface area contributed by atoms with Crippen LogP contribution in [0.5, 0.6) is 5.75 Å². The molecule has 0 unspecified atom stereocenters. The highest BCUT2D eigenvalue weighted by Crippen LogP contribution is 2.23. The molecule has 31 heavy (non-hydrogen) atoms. The van der Waals surface area contributed by atoms with Crippen LogP contribution in [0.2, 0.25) is 0 Å². The van der Waals surface area contributed by atoms with Crippen molar-refractivity contribution in [1.29, 1.82) is 0 Å². The van der Waals surface area contributed by atoms with Gasteiger partial charge < -0.3 is 9.26 Å². The van der Waals surface area contributed by atoms with Crippen molar-refractivity contribution in [2.75, 3.05) is 7.11 Å². The molecule has 0 aliphatic rings. The first kappa shape index (κ1) is 18.7. The molecule has 10 nitrogen and oxygen atoms in total. The van der Waals surface area contributed by atoms with Gasteiger partial charge in [-0.2, -0.15) is 9.67 Å². The van der Waals surface area contributed by atoms with Crippen LogP contribution in [0.3, 0.4) is 0 Å². The molecule has 0 amide bonds. The van der Waals surface area contributed by atoms with E-state index in [2.05, 4.69) is 25.4 Å². The molecule has 0 saturated carbocycles. The van der Waals surface area contributed by atoms with Crippen molar-refractivity contribution >= 4 is 11.2 Å². The molecule has 3 aromatic heterocycles. The number of aryl methyl sites for hydroxylation is 1. The van der Waals surface area contributed by atoms with Gasteiger partial charge in [0.25, 0.3) is 5.56 Å². The lowest BCUT2D eigenvalue weighted by atomic mass is 10.1. The first-order valence-electron chi connectivity index (χ1n) is 9.48. The average Bonchev–Trinajstić information content (AvgIpc) is 3.43. The molecule has 0 radical (unpaired) electrons. The third kappa shape index (κ3) is 3.33. The monoisotopic (exact) mass is 415 g/mol. The molecule has 0 N–H and O–H groups in total. The standard InChI is InChI=1S/C21H17N7O3/c1-13-6-5-7-14(10-13)19-23-17(31-25-19)11-27-12-22-20-18(21(27)29)24-26-28(20)15-8-3-4-9-16(15)30-2/h3-10,12H,11H2,1-2H3. The van der Waals surface area contributed by atoms with Crippen molar-refractivity contribution in [2.24, 2.45) is 0 Å². The molecule has 0 aliphatic carbocycles. The van der Waals surface area contributed by atoms with E-state index in [-0.39, 0.29) is 23.5 Å². The summed E-state index contributed by atoms with van der Waals surface area (Å²) in [6, 6.07) is 15.1. The van der Waals surface area contributed by atoms with Gasteiger partial charge in [0.2, 0.25) is 11.7 Å². The van der Waals surface area contributed by atoms with Gasteiger partial charge in [-0.15, -0.1) is 5.10 Å². The minimum absolute atomic E-state index is 0.0715. The molecule has 0 aliphatic heterocycles. The van der Waals surface area contributed by atoms with E-state index in [1.165, 1.54) is 15.6 Å². The summed E-state index contributed by atoms with van der Waals surface area (Å²) < 4.78 is 13.5. The highest BCUT2D eigenvalue weighted by Gasteiger charge is 2.17. The molecule has 5 rings (SSSR count). The molecule has 154 valence electrons. The van der Waals surface area contributed by atoms with Gasteiger partial charge in [0.15, 0.2) is 11.2 Å². The Hall–Kier alpha value is -4.34. The number of hydrogen-bond acceptors (Lipinski definition) is 8. The van der Waals surface area contributed by atoms with E-state index >= 15 is 0 Å². The van der Waals surface area contributed by atoms with Crippen LogP contribution in [0.4, 0.5) is 0 Å². The number of para-hydroxylation sites is 2. The fourth-order valence-corrected chi connectivity index (χ4v) is 3.29. The predicted molar refractivity (Wildman–Crippen MR) is 111 cm³/mol. The van der Waals surface area contributed by atoms with Crippen LogP contribution in [0.1, 0.15) is 11.5 Å². The number of nitrogens with zero attached hydrogens (tertiary/aromatic N) is 7. The largest absolute Gasteiger partial charge is 0.494 e. The van der Waals surface area contributed by atoms with E-state index in [1.807, 2.05) is 49.4 Å². The van der Waals surface area contributed by atoms with Crippen LogP contribution in [-0.4, -0.2) is 41.8 Å². The summed E-state index contributed by atoms with van der Waals surface area (Å²) in [4.78, 5) is 21.7. The molecule has 0 saturated heterocycles. The van der Waals surface area contributed by atoms with E-state index < -0.39 is 0 Å². The van der Waals surface area contributed by atoms with Crippen molar-refractivity contribution in [3.8, 4) is 22.8 Å². The quantitative estimate of drug-likeness (QED) is 0.430. The molecule has 0 atom stereocenters. The lowest BCUT2D eigenvalue weighted by Gasteiger charge is -2.07. The van der Waals surface area contributed by atoms with Gasteiger partial charge in [-0.05, 0) is 25.1 Å². The van der Waals surface area contributed by atoms with Crippen molar-refractivity contribution < 1.29 is 9.26 Å². The van der Waals surface area contributed by atoms with Crippen LogP contribution in [-0.2, 0) is 6.54 Å². The highest BCUT2D eigenvalue weighted by molar-refractivity contribution is 5.71. The first-order chi connectivity index (χ1) is 15.1. The third-order valence-corrected chi connectivity index (χ3v) is 4.79. The normalized spacial score (nSPS) is 11.2. The smallest absolute Gasteiger partial charge is 0.284 e. The Labute approximate surface area is 175 Å². The van der Waals surface area contributed by atoms with Crippen molar-refractivity contribution in [1.82, 2.24) is 34.7 Å². The fourth-order valence-electron chi connectivity index (χ4n) is 3.29. The minimum Gasteiger partial charge on any atom is -0.494 e. The van der Waals surface area contributed by atoms with Gasteiger partial charge in [0.05, 0.1) is 7.11 Å². The van der Waals surface area contributed by atoms with Crippen molar-refractivity contribution in [3.05, 3.63) is 76.7 Å². The summed E-state index contributed by atoms with van der Waals surface area (Å²) in [6.45, 7) is 2.06. The summed E-state index contributed by atoms with van der Waals surface area (Å²) in [5.41, 5.74) is 2.67. The number of fused-ring (bicyclic) bond motifs is 1. The average molecular weight is 415 g/mol. The lowest BCUT2D eigenvalue weighted by molar-refractivity contribution is 0.369. The maximum atomic E-state index is 12.9. The SMILES string of the molecule is COc1ccccc1-n1nnc2c(=O)n(Cc3nc(-c4cccc(C)c4)no3)cnc21. The predicted octanol–water partition coefficient (Wildman–Crippen LogP) is 2.39. The Bertz CT molecular complexity index is 1450. The third-order valence-electron chi connectivity index (χ3n) is 4.79. The Morgan fingerprint density at radius 1 is 1.13 bits per heavy atom. The molecule has 10 heteroatoms. The van der Waals surface area contributed by atoms with Crippen molar-refractivity contribution in [2.45, 2.75) is 13.5 Å². The summed E-state index contributed by atoms with van der Waals surface area (Å²) in [5, 5.41) is 12.1. The number of ether oxygens (including phenoxy) is 1. The number of benzene rings is 2. The number of hydrogen-bond donors (Lipinski definition) is 0. The van der Waals surface area contributed by atoms with E-state index in [1.54, 1.807) is 13.2 Å². The second-order valence-electron chi connectivity index (χ2n) is 6.90. The molecule has 0 spiro atoms. The molecule has 0 bridgehead atoms. The van der Waals surface area contributed by atoms with Gasteiger partial charge in [-0.1, -0.05) is 46.3 Å². The van der Waals surface area contributed by atoms with Gasteiger partial charge in [-0.25, -0.2) is 4.98 Å². The Balaban J connectivity index is 1.49. The Kier molecular flexibility index (Phi) is 4.51. The van der Waals surface area contributed by atoms with Gasteiger partial charge in [-0.3, -0.25) is 9.36 Å². The summed E-state index contributed by atoms with van der Waals surface area (Å²) >= 11 is 0. The van der Waals surface area contributed by atoms with E-state index in [9.17, 15) is 4.79 Å². The minimum atomic E-state index is -0.360. The van der Waals surface area contributed by atoms with Gasteiger partial charge in [0.1, 0.15) is 24.3 Å². The van der Waals surface area contributed by atoms with Crippen LogP contribution >= 0.6 is 0 Å². The summed E-state index contributed by atoms with van der Waals surface area (Å²) in [7, 11) is 1.56. The molecule has 3 heterocycles. The molecular weight excluding hydrogens is 398 g/mol. The second kappa shape index (κ2) is 7.48. The molecular formula is C21H17N7O3. The van der Waals surface area contributed by atoms with Crippen LogP contribution in [0.15, 0.2) is 64.2 Å². The Morgan fingerprint density at radius 3 is 2.84 bits per heavy atom. The van der Waals surface area contributed by atoms with Gasteiger partial charge >= 0.3 is 0 Å². The maximum absolute atomic E-state index is 12.9. The highest BCUT2D eigenvalue weighted by atomic mass is 16.5. The lowest BCUT2D eigenvalue weighted by Crippen LogP contribution is -2.21. The first-order valence-corrected chi connectivity index (χ1v) is 9.48. The van der Waals surface area contributed by atoms with Crippen LogP contribution < -0.4 is 10.3 Å². The number of aromatic nitrogens is 7. The maximum Gasteiger partial charge on any atom is 0.284 e. The molecule has 2 aromatic carbocycles. The summed E-state index contributed by atoms with van der Waals surface area (Å²) in [5.74, 6) is 1.34. The molecule has 5 aromatic rings. The zero-order chi connectivity index (χ0) is 21.4. The number of rotatable bonds is 5. The zero-order valence-electron chi connectivity index (χ0n) is 16.8. The fraction of sp³-hybridized carbons (Fsp3) is 0.143. The summed E-state index contributed by atoms with van der Waals surface area (Å²) in [6.07, 6.45) is 1.41. The van der Waals surface area contributed by atoms with Crippen LogP contribution in [0.25, 0.3) is 28.2 Å². The second-order valence-corrected chi connectivity index (χ2v) is 6.90. The van der Waals surface area contributed by atoms with E-state index in [0.717, 1.165) is 11.1 Å². The molecule has 0 fully saturated rings. The Morgan fingerprint density at radius 2 is 2.00 bits per heavy atom.